The number of carbonyl (C=O) groups is 1. The van der Waals surface area contributed by atoms with Crippen LogP contribution < -0.4 is 15.6 Å². The predicted molar refractivity (Wildman–Crippen MR) is 180 cm³/mol. The fourth-order valence-electron chi connectivity index (χ4n) is 5.09. The largest absolute Gasteiger partial charge is 0.494 e. The minimum atomic E-state index is -4.46. The van der Waals surface area contributed by atoms with Crippen LogP contribution in [0.3, 0.4) is 0 Å². The molecule has 12 heteroatoms. The molecule has 2 atom stereocenters. The number of halogens is 5. The normalized spacial score (nSPS) is 17.6. The number of aliphatic hydroxyl groups is 1. The van der Waals surface area contributed by atoms with Gasteiger partial charge in [0, 0.05) is 47.2 Å². The van der Waals surface area contributed by atoms with Crippen molar-refractivity contribution in [3.05, 3.63) is 141 Å². The number of benzene rings is 4. The van der Waals surface area contributed by atoms with E-state index in [4.69, 9.17) is 42.8 Å². The molecule has 1 aliphatic rings. The number of aliphatic hydroxyl groups excluding tert-OH is 1. The molecule has 0 fully saturated rings. The van der Waals surface area contributed by atoms with E-state index in [0.717, 1.165) is 17.7 Å². The predicted octanol–water partition coefficient (Wildman–Crippen LogP) is 7.95. The van der Waals surface area contributed by atoms with E-state index < -0.39 is 29.3 Å². The van der Waals surface area contributed by atoms with Gasteiger partial charge < -0.3 is 14.6 Å². The summed E-state index contributed by atoms with van der Waals surface area (Å²) in [5.74, 6) is 0.228. The van der Waals surface area contributed by atoms with Crippen LogP contribution in [0.2, 0.25) is 10.0 Å². The topological polar surface area (TPSA) is 92.2 Å². The second-order valence-electron chi connectivity index (χ2n) is 11.0. The van der Waals surface area contributed by atoms with Crippen LogP contribution in [0, 0.1) is 0 Å². The molecule has 0 bridgehead atoms. The lowest BCUT2D eigenvalue weighted by Gasteiger charge is -2.30. The van der Waals surface area contributed by atoms with Crippen molar-refractivity contribution in [2.75, 3.05) is 13.2 Å². The van der Waals surface area contributed by atoms with Crippen LogP contribution in [0.1, 0.15) is 46.8 Å². The summed E-state index contributed by atoms with van der Waals surface area (Å²) in [6.45, 7) is 0.404. The van der Waals surface area contributed by atoms with Crippen molar-refractivity contribution in [3.8, 4) is 5.75 Å². The zero-order chi connectivity index (χ0) is 34.1. The van der Waals surface area contributed by atoms with Crippen LogP contribution >= 0.6 is 23.2 Å². The van der Waals surface area contributed by atoms with E-state index in [1.165, 1.54) is 12.1 Å². The minimum absolute atomic E-state index is 0.0133. The van der Waals surface area contributed by atoms with E-state index in [-0.39, 0.29) is 30.5 Å². The summed E-state index contributed by atoms with van der Waals surface area (Å²) < 4.78 is 51.2. The molecule has 3 N–H and O–H groups in total. The molecular weight excluding hydrogens is 666 g/mol. The van der Waals surface area contributed by atoms with Gasteiger partial charge in [0.15, 0.2) is 11.6 Å². The molecule has 4 aromatic carbocycles. The zero-order valence-electron chi connectivity index (χ0n) is 25.5. The molecule has 0 unspecified atom stereocenters. The first-order valence-electron chi connectivity index (χ1n) is 15.1. The average Bonchev–Trinajstić information content (AvgIpc) is 3.46. The van der Waals surface area contributed by atoms with Crippen molar-refractivity contribution in [1.82, 2.24) is 10.9 Å². The fourth-order valence-corrected chi connectivity index (χ4v) is 5.60. The molecular formula is C36H32Cl2F3N3O4. The van der Waals surface area contributed by atoms with Crippen LogP contribution in [-0.4, -0.2) is 35.7 Å². The highest BCUT2D eigenvalue weighted by Crippen LogP contribution is 2.45. The van der Waals surface area contributed by atoms with Crippen LogP contribution in [0.4, 0.5) is 13.2 Å². The lowest BCUT2D eigenvalue weighted by molar-refractivity contribution is -0.137. The highest BCUT2D eigenvalue weighted by Gasteiger charge is 2.53. The van der Waals surface area contributed by atoms with Gasteiger partial charge in [-0.1, -0.05) is 83.9 Å². The second kappa shape index (κ2) is 15.7. The first-order valence-corrected chi connectivity index (χ1v) is 15.8. The van der Waals surface area contributed by atoms with Crippen molar-refractivity contribution >= 4 is 41.1 Å². The Balaban J connectivity index is 1.48. The number of hydrazine groups is 1. The van der Waals surface area contributed by atoms with Gasteiger partial charge in [0.05, 0.1) is 12.2 Å². The minimum Gasteiger partial charge on any atom is -0.494 e. The molecule has 1 aliphatic heterocycles. The highest BCUT2D eigenvalue weighted by atomic mass is 35.5. The van der Waals surface area contributed by atoms with Crippen LogP contribution in [-0.2, 0) is 22.3 Å². The monoisotopic (exact) mass is 697 g/mol. The van der Waals surface area contributed by atoms with Crippen LogP contribution in [0.15, 0.2) is 108 Å². The number of rotatable bonds is 13. The Bertz CT molecular complexity index is 1750. The summed E-state index contributed by atoms with van der Waals surface area (Å²) in [5.41, 5.74) is 5.69. The van der Waals surface area contributed by atoms with Gasteiger partial charge in [0.1, 0.15) is 5.75 Å². The Morgan fingerprint density at radius 1 is 1.00 bits per heavy atom. The summed E-state index contributed by atoms with van der Waals surface area (Å²) >= 11 is 12.9. The number of aliphatic imine (C=N–C) groups is 1. The Labute approximate surface area is 286 Å². The molecule has 0 spiro atoms. The van der Waals surface area contributed by atoms with Crippen LogP contribution in [0.25, 0.3) is 6.08 Å². The van der Waals surface area contributed by atoms with Crippen molar-refractivity contribution in [2.45, 2.75) is 37.2 Å². The number of alkyl halides is 3. The van der Waals surface area contributed by atoms with Crippen molar-refractivity contribution in [2.24, 2.45) is 4.99 Å². The van der Waals surface area contributed by atoms with E-state index in [9.17, 15) is 18.0 Å². The fraction of sp³-hybridized carbons (Fsp3) is 0.222. The SMILES string of the molecule is O=C(NNCc1ccc(C(F)(F)F)cc1)[C@@]1(C/C=C/c2ccccc2)N=C(c2ccc(OCCCO)cc2)O[C@H]1c1ccc(Cl)cc1Cl. The standard InChI is InChI=1S/C36H32Cl2F3N3O4/c37-28-15-18-30(31(38)22-28)32-35(19-4-8-24-6-2-1-3-7-24,34(46)44-42-23-25-9-13-27(14-10-25)36(39,40)41)43-33(48-32)26-11-16-29(17-12-26)47-21-5-20-45/h1-4,6-18,22,32,42,45H,5,19-21,23H2,(H,44,46)/b8-4+/t32-,35-/m0/s1. The van der Waals surface area contributed by atoms with Gasteiger partial charge in [0.2, 0.25) is 5.90 Å². The average molecular weight is 699 g/mol. The van der Waals surface area contributed by atoms with E-state index in [1.54, 1.807) is 42.5 Å². The number of ether oxygens (including phenoxy) is 2. The van der Waals surface area contributed by atoms with E-state index in [0.29, 0.717) is 40.5 Å². The summed E-state index contributed by atoms with van der Waals surface area (Å²) in [7, 11) is 0. The van der Waals surface area contributed by atoms with Gasteiger partial charge in [-0.3, -0.25) is 10.2 Å². The molecule has 0 aromatic heterocycles. The van der Waals surface area contributed by atoms with Crippen LogP contribution in [0.5, 0.6) is 5.75 Å². The smallest absolute Gasteiger partial charge is 0.416 e. The third-order valence-corrected chi connectivity index (χ3v) is 8.15. The summed E-state index contributed by atoms with van der Waals surface area (Å²) in [4.78, 5) is 19.2. The molecule has 48 heavy (non-hydrogen) atoms. The number of nitrogens with zero attached hydrogens (tertiary/aromatic N) is 1. The summed E-state index contributed by atoms with van der Waals surface area (Å²) in [6.07, 6.45) is -1.17. The number of amides is 1. The van der Waals surface area contributed by atoms with Gasteiger partial charge in [-0.2, -0.15) is 13.2 Å². The molecule has 0 radical (unpaired) electrons. The highest BCUT2D eigenvalue weighted by molar-refractivity contribution is 6.35. The maximum atomic E-state index is 14.3. The third-order valence-electron chi connectivity index (χ3n) is 7.59. The molecule has 0 saturated carbocycles. The molecule has 4 aromatic rings. The summed E-state index contributed by atoms with van der Waals surface area (Å²) in [6, 6.07) is 26.1. The van der Waals surface area contributed by atoms with Crippen molar-refractivity contribution in [3.63, 3.8) is 0 Å². The first-order chi connectivity index (χ1) is 23.1. The number of carbonyl (C=O) groups excluding carboxylic acids is 1. The van der Waals surface area contributed by atoms with Gasteiger partial charge in [-0.15, -0.1) is 0 Å². The molecule has 5 rings (SSSR count). The van der Waals surface area contributed by atoms with E-state index in [2.05, 4.69) is 10.9 Å². The Morgan fingerprint density at radius 3 is 2.40 bits per heavy atom. The van der Waals surface area contributed by atoms with Gasteiger partial charge >= 0.3 is 6.18 Å². The third kappa shape index (κ3) is 8.56. The number of hydrogen-bond donors (Lipinski definition) is 3. The van der Waals surface area contributed by atoms with Gasteiger partial charge in [-0.05, 0) is 59.7 Å². The molecule has 1 amide bonds. The summed E-state index contributed by atoms with van der Waals surface area (Å²) in [5, 5.41) is 9.72. The molecule has 250 valence electrons. The van der Waals surface area contributed by atoms with Crippen molar-refractivity contribution < 1.29 is 32.5 Å². The Kier molecular flexibility index (Phi) is 11.4. The maximum Gasteiger partial charge on any atom is 0.416 e. The van der Waals surface area contributed by atoms with E-state index >= 15 is 0 Å². The quantitative estimate of drug-likeness (QED) is 0.0974. The Hall–Kier alpha value is -4.35. The number of hydrogen-bond acceptors (Lipinski definition) is 6. The maximum absolute atomic E-state index is 14.3. The lowest BCUT2D eigenvalue weighted by atomic mass is 9.84. The lowest BCUT2D eigenvalue weighted by Crippen LogP contribution is -2.52. The van der Waals surface area contributed by atoms with Crippen molar-refractivity contribution in [1.29, 1.82) is 0 Å². The van der Waals surface area contributed by atoms with E-state index in [1.807, 2.05) is 42.5 Å². The zero-order valence-corrected chi connectivity index (χ0v) is 27.0. The second-order valence-corrected chi connectivity index (χ2v) is 11.8. The number of nitrogens with one attached hydrogen (secondary N) is 2. The molecule has 0 aliphatic carbocycles. The van der Waals surface area contributed by atoms with Gasteiger partial charge in [-0.25, -0.2) is 10.4 Å². The molecule has 7 nitrogen and oxygen atoms in total. The Morgan fingerprint density at radius 2 is 1.73 bits per heavy atom. The van der Waals surface area contributed by atoms with Gasteiger partial charge in [0.25, 0.3) is 5.91 Å². The molecule has 0 saturated heterocycles. The first kappa shape index (κ1) is 35.0. The molecule has 1 heterocycles.